The number of hydrogen-bond acceptors (Lipinski definition) is 2. The summed E-state index contributed by atoms with van der Waals surface area (Å²) in [4.78, 5) is 13.6. The first-order valence-electron chi connectivity index (χ1n) is 5.39. The highest BCUT2D eigenvalue weighted by Crippen LogP contribution is 2.26. The molecule has 0 radical (unpaired) electrons. The second-order valence-electron chi connectivity index (χ2n) is 3.79. The summed E-state index contributed by atoms with van der Waals surface area (Å²) in [6.45, 7) is 2.48. The Morgan fingerprint density at radius 3 is 3.00 bits per heavy atom. The summed E-state index contributed by atoms with van der Waals surface area (Å²) < 4.78 is 0. The number of H-pyrrole nitrogens is 1. The molecule has 1 aromatic heterocycles. The molecule has 4 heteroatoms. The number of carboxylic acid groups (broad SMARTS) is 1. The molecule has 0 unspecified atom stereocenters. The maximum absolute atomic E-state index is 10.3. The van der Waals surface area contributed by atoms with Gasteiger partial charge in [0.15, 0.2) is 0 Å². The Labute approximate surface area is 99.0 Å². The Balaban J connectivity index is 2.18. The van der Waals surface area contributed by atoms with E-state index in [-0.39, 0.29) is 0 Å². The molecule has 0 amide bonds. The number of rotatable bonds is 4. The SMILES string of the molecule is Cc1[nH]c2ccccc2c1NC/C=C/C(=O)O. The van der Waals surface area contributed by atoms with Crippen LogP contribution >= 0.6 is 0 Å². The number of anilines is 1. The molecule has 0 aliphatic heterocycles. The van der Waals surface area contributed by atoms with Crippen LogP contribution in [0.5, 0.6) is 0 Å². The van der Waals surface area contributed by atoms with E-state index in [1.54, 1.807) is 6.08 Å². The first-order valence-corrected chi connectivity index (χ1v) is 5.39. The summed E-state index contributed by atoms with van der Waals surface area (Å²) in [5.41, 5.74) is 3.15. The molecule has 17 heavy (non-hydrogen) atoms. The summed E-state index contributed by atoms with van der Waals surface area (Å²) >= 11 is 0. The number of hydrogen-bond donors (Lipinski definition) is 3. The van der Waals surface area contributed by atoms with Gasteiger partial charge in [0.25, 0.3) is 0 Å². The molecule has 0 aliphatic rings. The monoisotopic (exact) mass is 230 g/mol. The highest BCUT2D eigenvalue weighted by atomic mass is 16.4. The zero-order valence-electron chi connectivity index (χ0n) is 9.53. The van der Waals surface area contributed by atoms with Crippen LogP contribution in [-0.2, 0) is 4.79 Å². The van der Waals surface area contributed by atoms with Crippen LogP contribution in [0.2, 0.25) is 0 Å². The maximum atomic E-state index is 10.3. The lowest BCUT2D eigenvalue weighted by Gasteiger charge is -2.02. The Morgan fingerprint density at radius 1 is 1.47 bits per heavy atom. The van der Waals surface area contributed by atoms with Crippen molar-refractivity contribution in [1.29, 1.82) is 0 Å². The highest BCUT2D eigenvalue weighted by Gasteiger charge is 2.05. The van der Waals surface area contributed by atoms with E-state index in [1.165, 1.54) is 0 Å². The summed E-state index contributed by atoms with van der Waals surface area (Å²) in [6.07, 6.45) is 2.72. The van der Waals surface area contributed by atoms with Crippen molar-refractivity contribution in [2.24, 2.45) is 0 Å². The van der Waals surface area contributed by atoms with Crippen LogP contribution in [0.25, 0.3) is 10.9 Å². The third kappa shape index (κ3) is 2.47. The molecule has 0 fully saturated rings. The maximum Gasteiger partial charge on any atom is 0.328 e. The van der Waals surface area contributed by atoms with Gasteiger partial charge in [0.2, 0.25) is 0 Å². The van der Waals surface area contributed by atoms with Gasteiger partial charge in [-0.1, -0.05) is 24.3 Å². The number of aromatic nitrogens is 1. The molecule has 0 aliphatic carbocycles. The van der Waals surface area contributed by atoms with Crippen molar-refractivity contribution < 1.29 is 9.90 Å². The minimum absolute atomic E-state index is 0.495. The summed E-state index contributed by atoms with van der Waals surface area (Å²) in [5, 5.41) is 12.8. The Kier molecular flexibility index (Phi) is 3.14. The first-order chi connectivity index (χ1) is 8.18. The van der Waals surface area contributed by atoms with Crippen LogP contribution in [0.4, 0.5) is 5.69 Å². The van der Waals surface area contributed by atoms with Gasteiger partial charge in [-0.25, -0.2) is 4.79 Å². The topological polar surface area (TPSA) is 65.1 Å². The van der Waals surface area contributed by atoms with Crippen molar-refractivity contribution in [3.63, 3.8) is 0 Å². The van der Waals surface area contributed by atoms with Crippen LogP contribution < -0.4 is 5.32 Å². The van der Waals surface area contributed by atoms with Gasteiger partial charge in [-0.05, 0) is 13.0 Å². The van der Waals surface area contributed by atoms with Gasteiger partial charge >= 0.3 is 5.97 Å². The molecule has 0 atom stereocenters. The number of aromatic amines is 1. The van der Waals surface area contributed by atoms with Gasteiger partial charge in [0, 0.05) is 29.2 Å². The van der Waals surface area contributed by atoms with Crippen molar-refractivity contribution in [1.82, 2.24) is 4.98 Å². The van der Waals surface area contributed by atoms with E-state index in [0.29, 0.717) is 6.54 Å². The van der Waals surface area contributed by atoms with E-state index in [0.717, 1.165) is 28.4 Å². The molecular formula is C13H14N2O2. The van der Waals surface area contributed by atoms with Crippen molar-refractivity contribution in [3.8, 4) is 0 Å². The average molecular weight is 230 g/mol. The molecule has 4 nitrogen and oxygen atoms in total. The van der Waals surface area contributed by atoms with Crippen LogP contribution in [0.1, 0.15) is 5.69 Å². The van der Waals surface area contributed by atoms with Gasteiger partial charge < -0.3 is 15.4 Å². The van der Waals surface area contributed by atoms with E-state index >= 15 is 0 Å². The lowest BCUT2D eigenvalue weighted by atomic mass is 10.2. The second-order valence-corrected chi connectivity index (χ2v) is 3.79. The van der Waals surface area contributed by atoms with E-state index in [1.807, 2.05) is 31.2 Å². The zero-order chi connectivity index (χ0) is 12.3. The lowest BCUT2D eigenvalue weighted by molar-refractivity contribution is -0.131. The summed E-state index contributed by atoms with van der Waals surface area (Å²) in [7, 11) is 0. The number of para-hydroxylation sites is 1. The molecule has 0 saturated heterocycles. The van der Waals surface area contributed by atoms with Crippen LogP contribution in [0.3, 0.4) is 0 Å². The van der Waals surface area contributed by atoms with Gasteiger partial charge in [-0.3, -0.25) is 0 Å². The number of nitrogens with one attached hydrogen (secondary N) is 2. The van der Waals surface area contributed by atoms with Crippen LogP contribution in [-0.4, -0.2) is 22.6 Å². The van der Waals surface area contributed by atoms with Gasteiger partial charge in [-0.15, -0.1) is 0 Å². The largest absolute Gasteiger partial charge is 0.478 e. The second kappa shape index (κ2) is 4.74. The Morgan fingerprint density at radius 2 is 2.24 bits per heavy atom. The van der Waals surface area contributed by atoms with Crippen LogP contribution in [0.15, 0.2) is 36.4 Å². The summed E-state index contributed by atoms with van der Waals surface area (Å²) in [5.74, 6) is -0.928. The molecule has 1 heterocycles. The minimum atomic E-state index is -0.928. The standard InChI is InChI=1S/C13H14N2O2/c1-9-13(14-8-4-7-12(16)17)10-5-2-3-6-11(10)15-9/h2-7,14-15H,8H2,1H3,(H,16,17)/b7-4+. The number of aliphatic carboxylic acids is 1. The number of benzene rings is 1. The number of carboxylic acids is 1. The van der Waals surface area contributed by atoms with Gasteiger partial charge in [0.05, 0.1) is 5.69 Å². The molecule has 3 N–H and O–H groups in total. The van der Waals surface area contributed by atoms with E-state index in [4.69, 9.17) is 5.11 Å². The van der Waals surface area contributed by atoms with Crippen molar-refractivity contribution in [2.75, 3.05) is 11.9 Å². The van der Waals surface area contributed by atoms with Gasteiger partial charge in [-0.2, -0.15) is 0 Å². The van der Waals surface area contributed by atoms with E-state index < -0.39 is 5.97 Å². The molecule has 2 rings (SSSR count). The first kappa shape index (κ1) is 11.3. The molecule has 0 bridgehead atoms. The van der Waals surface area contributed by atoms with Crippen molar-refractivity contribution >= 4 is 22.6 Å². The smallest absolute Gasteiger partial charge is 0.328 e. The highest BCUT2D eigenvalue weighted by molar-refractivity contribution is 5.94. The third-order valence-electron chi connectivity index (χ3n) is 2.55. The van der Waals surface area contributed by atoms with Crippen molar-refractivity contribution in [3.05, 3.63) is 42.1 Å². The molecule has 2 aromatic rings. The van der Waals surface area contributed by atoms with Gasteiger partial charge in [0.1, 0.15) is 0 Å². The van der Waals surface area contributed by atoms with Crippen molar-refractivity contribution in [2.45, 2.75) is 6.92 Å². The molecule has 0 saturated carbocycles. The molecule has 0 spiro atoms. The fraction of sp³-hybridized carbons (Fsp3) is 0.154. The fourth-order valence-corrected chi connectivity index (χ4v) is 1.83. The van der Waals surface area contributed by atoms with Crippen LogP contribution in [0, 0.1) is 6.92 Å². The normalized spacial score (nSPS) is 11.1. The minimum Gasteiger partial charge on any atom is -0.478 e. The Bertz CT molecular complexity index is 570. The van der Waals surface area contributed by atoms with E-state index in [9.17, 15) is 4.79 Å². The Hall–Kier alpha value is -2.23. The zero-order valence-corrected chi connectivity index (χ0v) is 9.53. The quantitative estimate of drug-likeness (QED) is 0.707. The predicted molar refractivity (Wildman–Crippen MR) is 68.3 cm³/mol. The number of carbonyl (C=O) groups is 1. The average Bonchev–Trinajstić information content (AvgIpc) is 2.60. The molecule has 88 valence electrons. The molecule has 1 aromatic carbocycles. The third-order valence-corrected chi connectivity index (χ3v) is 2.55. The molecular weight excluding hydrogens is 216 g/mol. The predicted octanol–water partition coefficient (Wildman–Crippen LogP) is 2.53. The lowest BCUT2D eigenvalue weighted by Crippen LogP contribution is -2.00. The fourth-order valence-electron chi connectivity index (χ4n) is 1.83. The number of aryl methyl sites for hydroxylation is 1. The summed E-state index contributed by atoms with van der Waals surface area (Å²) in [6, 6.07) is 8.00. The number of fused-ring (bicyclic) bond motifs is 1. The van der Waals surface area contributed by atoms with E-state index in [2.05, 4.69) is 10.3 Å².